The summed E-state index contributed by atoms with van der Waals surface area (Å²) >= 11 is 4.70. The Morgan fingerprint density at radius 3 is 2.54 bits per heavy atom. The highest BCUT2D eigenvalue weighted by molar-refractivity contribution is 9.10. The van der Waals surface area contributed by atoms with Crippen molar-refractivity contribution in [2.45, 2.75) is 18.6 Å². The fraction of sp³-hybridized carbons (Fsp3) is 0.250. The Hall–Kier alpha value is -2.32. The molecule has 146 valence electrons. The molecule has 0 radical (unpaired) electrons. The molecule has 1 atom stereocenters. The maximum absolute atomic E-state index is 12.7. The molecular weight excluding hydrogens is 442 g/mol. The van der Waals surface area contributed by atoms with Crippen LogP contribution in [0.3, 0.4) is 0 Å². The molecule has 0 aliphatic carbocycles. The summed E-state index contributed by atoms with van der Waals surface area (Å²) in [6, 6.07) is 14.6. The number of halogens is 1. The Morgan fingerprint density at radius 1 is 1.25 bits per heavy atom. The van der Waals surface area contributed by atoms with E-state index in [1.54, 1.807) is 36.3 Å². The van der Waals surface area contributed by atoms with E-state index in [2.05, 4.69) is 26.2 Å². The normalized spacial score (nSPS) is 18.2. The van der Waals surface area contributed by atoms with E-state index < -0.39 is 5.25 Å². The topological polar surface area (TPSA) is 71.0 Å². The Morgan fingerprint density at radius 2 is 1.93 bits per heavy atom. The van der Waals surface area contributed by atoms with Crippen LogP contribution in [0.1, 0.15) is 13.3 Å². The highest BCUT2D eigenvalue weighted by Crippen LogP contribution is 2.30. The first-order valence-corrected chi connectivity index (χ1v) is 10.4. The minimum absolute atomic E-state index is 0.105. The Bertz CT molecular complexity index is 885. The molecule has 1 saturated heterocycles. The van der Waals surface area contributed by atoms with E-state index in [9.17, 15) is 9.59 Å². The average Bonchev–Trinajstić information content (AvgIpc) is 2.70. The Labute approximate surface area is 176 Å². The molecule has 8 heteroatoms. The summed E-state index contributed by atoms with van der Waals surface area (Å²) in [5, 5.41) is 2.86. The highest BCUT2D eigenvalue weighted by atomic mass is 79.9. The number of hydrogen-bond acceptors (Lipinski definition) is 5. The van der Waals surface area contributed by atoms with Crippen LogP contribution in [0, 0.1) is 0 Å². The maximum Gasteiger partial charge on any atom is 0.238 e. The van der Waals surface area contributed by atoms with Crippen LogP contribution in [0.15, 0.2) is 58.0 Å². The number of rotatable bonds is 5. The lowest BCUT2D eigenvalue weighted by Gasteiger charge is -2.30. The van der Waals surface area contributed by atoms with E-state index in [4.69, 9.17) is 4.74 Å². The van der Waals surface area contributed by atoms with Crippen LogP contribution in [0.5, 0.6) is 5.75 Å². The van der Waals surface area contributed by atoms with Crippen LogP contribution in [0.25, 0.3) is 0 Å². The van der Waals surface area contributed by atoms with Crippen LogP contribution < -0.4 is 10.1 Å². The molecule has 0 bridgehead atoms. The van der Waals surface area contributed by atoms with E-state index >= 15 is 0 Å². The van der Waals surface area contributed by atoms with Gasteiger partial charge in [-0.15, -0.1) is 0 Å². The molecule has 2 aromatic carbocycles. The van der Waals surface area contributed by atoms with Crippen LogP contribution in [0.4, 0.5) is 11.4 Å². The monoisotopic (exact) mass is 461 g/mol. The van der Waals surface area contributed by atoms with Crippen molar-refractivity contribution >= 4 is 56.0 Å². The Balaban J connectivity index is 1.77. The van der Waals surface area contributed by atoms with Gasteiger partial charge in [0.25, 0.3) is 0 Å². The van der Waals surface area contributed by atoms with Gasteiger partial charge in [0, 0.05) is 23.1 Å². The minimum atomic E-state index is -0.536. The number of anilines is 1. The first-order valence-electron chi connectivity index (χ1n) is 8.76. The number of amides is 2. The smallest absolute Gasteiger partial charge is 0.238 e. The first-order chi connectivity index (χ1) is 13.5. The third-order valence-electron chi connectivity index (χ3n) is 4.16. The van der Waals surface area contributed by atoms with Gasteiger partial charge < -0.3 is 10.1 Å². The fourth-order valence-corrected chi connectivity index (χ4v) is 4.10. The second-order valence-corrected chi connectivity index (χ2v) is 8.12. The number of nitrogens with one attached hydrogen (secondary N) is 1. The largest absolute Gasteiger partial charge is 0.497 e. The second kappa shape index (κ2) is 9.25. The molecule has 1 unspecified atom stereocenters. The number of methoxy groups -OCH3 is 1. The summed E-state index contributed by atoms with van der Waals surface area (Å²) in [6.45, 7) is 2.40. The molecule has 0 spiro atoms. The van der Waals surface area contributed by atoms with Gasteiger partial charge in [0.1, 0.15) is 11.0 Å². The lowest BCUT2D eigenvalue weighted by molar-refractivity contribution is -0.129. The van der Waals surface area contributed by atoms with Gasteiger partial charge in [0.05, 0.1) is 12.8 Å². The Kier molecular flexibility index (Phi) is 6.74. The zero-order chi connectivity index (χ0) is 20.1. The number of carbonyl (C=O) groups excluding carboxylic acids is 2. The van der Waals surface area contributed by atoms with E-state index in [1.165, 1.54) is 11.8 Å². The van der Waals surface area contributed by atoms with Crippen LogP contribution in [-0.2, 0) is 9.59 Å². The van der Waals surface area contributed by atoms with Gasteiger partial charge in [-0.25, -0.2) is 4.99 Å². The van der Waals surface area contributed by atoms with Crippen molar-refractivity contribution in [2.75, 3.05) is 19.0 Å². The molecule has 1 heterocycles. The first kappa shape index (κ1) is 20.4. The number of benzene rings is 2. The number of thioether (sulfide) groups is 1. The number of amidine groups is 1. The average molecular weight is 462 g/mol. The van der Waals surface area contributed by atoms with Crippen molar-refractivity contribution in [2.24, 2.45) is 4.99 Å². The quantitative estimate of drug-likeness (QED) is 0.714. The third kappa shape index (κ3) is 4.94. The predicted octanol–water partition coefficient (Wildman–Crippen LogP) is 4.44. The summed E-state index contributed by atoms with van der Waals surface area (Å²) in [7, 11) is 1.59. The molecule has 1 fully saturated rings. The van der Waals surface area contributed by atoms with Gasteiger partial charge in [-0.1, -0.05) is 27.7 Å². The van der Waals surface area contributed by atoms with Gasteiger partial charge in [0.15, 0.2) is 5.17 Å². The minimum Gasteiger partial charge on any atom is -0.497 e. The number of ether oxygens (including phenoxy) is 1. The van der Waals surface area contributed by atoms with Crippen LogP contribution in [0.2, 0.25) is 0 Å². The van der Waals surface area contributed by atoms with Crippen molar-refractivity contribution in [3.63, 3.8) is 0 Å². The van der Waals surface area contributed by atoms with Gasteiger partial charge >= 0.3 is 0 Å². The lowest BCUT2D eigenvalue weighted by Crippen LogP contribution is -2.45. The van der Waals surface area contributed by atoms with E-state index in [0.717, 1.165) is 10.2 Å². The second-order valence-electron chi connectivity index (χ2n) is 6.04. The fourth-order valence-electron chi connectivity index (χ4n) is 2.68. The third-order valence-corrected chi connectivity index (χ3v) is 5.87. The number of hydrogen-bond donors (Lipinski definition) is 1. The molecule has 6 nitrogen and oxygen atoms in total. The van der Waals surface area contributed by atoms with Gasteiger partial charge in [-0.2, -0.15) is 0 Å². The predicted molar refractivity (Wildman–Crippen MR) is 116 cm³/mol. The van der Waals surface area contributed by atoms with Crippen LogP contribution in [-0.4, -0.2) is 40.8 Å². The molecule has 2 aromatic rings. The number of nitrogens with zero attached hydrogens (tertiary/aromatic N) is 2. The standard InChI is InChI=1S/C20H20BrN3O3S/c1-3-24-18(25)12-17(19(26)22-14-8-10-16(27-2)11-9-14)28-20(24)23-15-6-4-13(21)5-7-15/h4-11,17H,3,12H2,1-2H3,(H,22,26). The molecule has 28 heavy (non-hydrogen) atoms. The lowest BCUT2D eigenvalue weighted by atomic mass is 10.2. The number of aliphatic imine (C=N–C) groups is 1. The van der Waals surface area contributed by atoms with Crippen molar-refractivity contribution in [1.29, 1.82) is 0 Å². The van der Waals surface area contributed by atoms with E-state index in [1.807, 2.05) is 31.2 Å². The molecule has 2 amide bonds. The molecule has 1 N–H and O–H groups in total. The molecule has 1 aliphatic rings. The summed E-state index contributed by atoms with van der Waals surface area (Å²) < 4.78 is 6.07. The molecule has 1 aliphatic heterocycles. The molecule has 0 aromatic heterocycles. The number of carbonyl (C=O) groups is 2. The summed E-state index contributed by atoms with van der Waals surface area (Å²) in [6.07, 6.45) is 0.139. The SMILES string of the molecule is CCN1C(=O)CC(C(=O)Nc2ccc(OC)cc2)SC1=Nc1ccc(Br)cc1. The summed E-state index contributed by atoms with van der Waals surface area (Å²) in [5.41, 5.74) is 1.39. The molecular formula is C20H20BrN3O3S. The molecule has 3 rings (SSSR count). The summed E-state index contributed by atoms with van der Waals surface area (Å²) in [4.78, 5) is 31.5. The van der Waals surface area contributed by atoms with Crippen molar-refractivity contribution in [3.05, 3.63) is 53.0 Å². The van der Waals surface area contributed by atoms with Crippen molar-refractivity contribution < 1.29 is 14.3 Å². The van der Waals surface area contributed by atoms with Gasteiger partial charge in [-0.3, -0.25) is 14.5 Å². The molecule has 0 saturated carbocycles. The zero-order valence-corrected chi connectivity index (χ0v) is 17.9. The maximum atomic E-state index is 12.7. The summed E-state index contributed by atoms with van der Waals surface area (Å²) in [5.74, 6) is 0.387. The highest BCUT2D eigenvalue weighted by Gasteiger charge is 2.35. The van der Waals surface area contributed by atoms with Crippen molar-refractivity contribution in [1.82, 2.24) is 4.90 Å². The van der Waals surface area contributed by atoms with E-state index in [-0.39, 0.29) is 18.2 Å². The van der Waals surface area contributed by atoms with E-state index in [0.29, 0.717) is 23.1 Å². The van der Waals surface area contributed by atoms with Gasteiger partial charge in [-0.05, 0) is 55.5 Å². The van der Waals surface area contributed by atoms with Crippen molar-refractivity contribution in [3.8, 4) is 5.75 Å². The van der Waals surface area contributed by atoms with Crippen LogP contribution >= 0.6 is 27.7 Å². The van der Waals surface area contributed by atoms with Gasteiger partial charge in [0.2, 0.25) is 11.8 Å². The zero-order valence-electron chi connectivity index (χ0n) is 15.5.